The van der Waals surface area contributed by atoms with Crippen LogP contribution < -0.4 is 0 Å². The minimum absolute atomic E-state index is 0.312. The van der Waals surface area contributed by atoms with Crippen molar-refractivity contribution in [2.45, 2.75) is 37.7 Å². The zero-order valence-corrected chi connectivity index (χ0v) is 12.7. The van der Waals surface area contributed by atoms with Gasteiger partial charge in [-0.1, -0.05) is 30.3 Å². The van der Waals surface area contributed by atoms with E-state index in [0.29, 0.717) is 17.6 Å². The summed E-state index contributed by atoms with van der Waals surface area (Å²) in [6.45, 7) is 0. The molecule has 0 aliphatic heterocycles. The number of rotatable bonds is 1. The zero-order chi connectivity index (χ0) is 14.9. The van der Waals surface area contributed by atoms with Gasteiger partial charge in [0.05, 0.1) is 5.60 Å². The van der Waals surface area contributed by atoms with E-state index in [2.05, 4.69) is 6.07 Å². The van der Waals surface area contributed by atoms with Gasteiger partial charge in [-0.05, 0) is 72.8 Å². The Hall–Kier alpha value is -1.54. The first-order valence-corrected chi connectivity index (χ1v) is 8.60. The maximum atomic E-state index is 11.8. The molecule has 0 radical (unpaired) electrons. The molecule has 2 aromatic rings. The van der Waals surface area contributed by atoms with Gasteiger partial charge in [0.2, 0.25) is 0 Å². The second-order valence-corrected chi connectivity index (χ2v) is 7.81. The summed E-state index contributed by atoms with van der Waals surface area (Å²) in [7, 11) is 0. The first-order valence-electron chi connectivity index (χ1n) is 8.60. The van der Waals surface area contributed by atoms with Gasteiger partial charge >= 0.3 is 0 Å². The van der Waals surface area contributed by atoms with E-state index in [-0.39, 0.29) is 0 Å². The van der Waals surface area contributed by atoms with E-state index < -0.39 is 5.60 Å². The van der Waals surface area contributed by atoms with E-state index in [1.165, 1.54) is 32.1 Å². The Labute approximate surface area is 130 Å². The lowest BCUT2D eigenvalue weighted by molar-refractivity contribution is -0.178. The lowest BCUT2D eigenvalue weighted by Crippen LogP contribution is -2.55. The van der Waals surface area contributed by atoms with Gasteiger partial charge in [-0.2, -0.15) is 0 Å². The molecule has 0 heterocycles. The molecule has 2 nitrogen and oxygen atoms in total. The number of hydrogen-bond acceptors (Lipinski definition) is 2. The molecule has 4 saturated carbocycles. The van der Waals surface area contributed by atoms with Crippen LogP contribution >= 0.6 is 0 Å². The molecule has 6 rings (SSSR count). The van der Waals surface area contributed by atoms with Gasteiger partial charge in [0.1, 0.15) is 5.75 Å². The molecule has 0 unspecified atom stereocenters. The predicted molar refractivity (Wildman–Crippen MR) is 86.6 cm³/mol. The summed E-state index contributed by atoms with van der Waals surface area (Å²) in [4.78, 5) is 0. The molecular formula is C20H22O2. The second-order valence-electron chi connectivity index (χ2n) is 7.81. The molecule has 0 spiro atoms. The van der Waals surface area contributed by atoms with Crippen LogP contribution in [-0.2, 0) is 5.60 Å². The molecule has 22 heavy (non-hydrogen) atoms. The van der Waals surface area contributed by atoms with Crippen LogP contribution in [0, 0.1) is 23.7 Å². The van der Waals surface area contributed by atoms with Gasteiger partial charge in [0.15, 0.2) is 0 Å². The minimum atomic E-state index is -0.694. The highest BCUT2D eigenvalue weighted by Crippen LogP contribution is 2.62. The minimum Gasteiger partial charge on any atom is -0.507 e. The Bertz CT molecular complexity index is 720. The van der Waals surface area contributed by atoms with Gasteiger partial charge in [-0.3, -0.25) is 0 Å². The zero-order valence-electron chi connectivity index (χ0n) is 12.7. The number of phenols is 1. The number of benzene rings is 2. The van der Waals surface area contributed by atoms with Crippen molar-refractivity contribution in [2.24, 2.45) is 23.7 Å². The summed E-state index contributed by atoms with van der Waals surface area (Å²) in [5, 5.41) is 23.8. The first kappa shape index (κ1) is 13.0. The lowest BCUT2D eigenvalue weighted by atomic mass is 9.48. The van der Waals surface area contributed by atoms with E-state index >= 15 is 0 Å². The smallest absolute Gasteiger partial charge is 0.123 e. The van der Waals surface area contributed by atoms with E-state index in [9.17, 15) is 10.2 Å². The quantitative estimate of drug-likeness (QED) is 0.828. The summed E-state index contributed by atoms with van der Waals surface area (Å²) in [5.41, 5.74) is 0.357. The van der Waals surface area contributed by atoms with Crippen molar-refractivity contribution in [2.75, 3.05) is 0 Å². The standard InChI is InChI=1S/C20H22O2/c21-19-6-2-3-16-17(19)4-1-5-18(16)20(22)14-8-12-7-13(10-14)11-15(20)9-12/h1-6,12-15,21-22H,7-11H2. The van der Waals surface area contributed by atoms with Crippen LogP contribution in [0.1, 0.15) is 37.7 Å². The van der Waals surface area contributed by atoms with Gasteiger partial charge < -0.3 is 10.2 Å². The van der Waals surface area contributed by atoms with E-state index in [4.69, 9.17) is 0 Å². The van der Waals surface area contributed by atoms with E-state index in [0.717, 1.165) is 28.2 Å². The third-order valence-electron chi connectivity index (χ3n) is 6.71. The third kappa shape index (κ3) is 1.54. The molecule has 4 bridgehead atoms. The van der Waals surface area contributed by atoms with Gasteiger partial charge in [0, 0.05) is 5.39 Å². The molecule has 0 atom stereocenters. The molecule has 2 aromatic carbocycles. The van der Waals surface area contributed by atoms with Crippen molar-refractivity contribution in [3.63, 3.8) is 0 Å². The molecule has 0 amide bonds. The van der Waals surface area contributed by atoms with Crippen molar-refractivity contribution in [3.8, 4) is 5.75 Å². The van der Waals surface area contributed by atoms with Gasteiger partial charge in [0.25, 0.3) is 0 Å². The van der Waals surface area contributed by atoms with Crippen LogP contribution in [-0.4, -0.2) is 10.2 Å². The Balaban J connectivity index is 1.73. The van der Waals surface area contributed by atoms with Crippen molar-refractivity contribution in [1.82, 2.24) is 0 Å². The highest BCUT2D eigenvalue weighted by Gasteiger charge is 2.57. The number of phenolic OH excluding ortho intramolecular Hbond substituents is 1. The Morgan fingerprint density at radius 1 is 0.773 bits per heavy atom. The Morgan fingerprint density at radius 3 is 2.05 bits per heavy atom. The summed E-state index contributed by atoms with van der Waals surface area (Å²) < 4.78 is 0. The SMILES string of the molecule is Oc1cccc2c(C3(O)C4CC5CC(C4)CC3C5)cccc12. The fourth-order valence-electron chi connectivity index (χ4n) is 5.99. The molecule has 0 aromatic heterocycles. The number of fused-ring (bicyclic) bond motifs is 1. The average molecular weight is 294 g/mol. The molecular weight excluding hydrogens is 272 g/mol. The number of aromatic hydroxyl groups is 1. The largest absolute Gasteiger partial charge is 0.507 e. The summed E-state index contributed by atoms with van der Waals surface area (Å²) in [6, 6.07) is 11.7. The van der Waals surface area contributed by atoms with Gasteiger partial charge in [-0.15, -0.1) is 0 Å². The number of aliphatic hydroxyl groups is 1. The van der Waals surface area contributed by atoms with E-state index in [1.807, 2.05) is 24.3 Å². The molecule has 2 heteroatoms. The Morgan fingerprint density at radius 2 is 1.36 bits per heavy atom. The summed E-state index contributed by atoms with van der Waals surface area (Å²) >= 11 is 0. The molecule has 2 N–H and O–H groups in total. The molecule has 4 fully saturated rings. The average Bonchev–Trinajstić information content (AvgIpc) is 2.52. The predicted octanol–water partition coefficient (Wildman–Crippen LogP) is 4.19. The van der Waals surface area contributed by atoms with Crippen LogP contribution in [0.4, 0.5) is 0 Å². The van der Waals surface area contributed by atoms with Crippen LogP contribution in [0.5, 0.6) is 5.75 Å². The van der Waals surface area contributed by atoms with Crippen LogP contribution in [0.3, 0.4) is 0 Å². The first-order chi connectivity index (χ1) is 10.7. The lowest BCUT2D eigenvalue weighted by Gasteiger charge is -2.59. The summed E-state index contributed by atoms with van der Waals surface area (Å²) in [5.74, 6) is 2.79. The summed E-state index contributed by atoms with van der Waals surface area (Å²) in [6.07, 6.45) is 6.11. The van der Waals surface area contributed by atoms with Gasteiger partial charge in [-0.25, -0.2) is 0 Å². The fourth-order valence-corrected chi connectivity index (χ4v) is 5.99. The fraction of sp³-hybridized carbons (Fsp3) is 0.500. The monoisotopic (exact) mass is 294 g/mol. The maximum Gasteiger partial charge on any atom is 0.123 e. The van der Waals surface area contributed by atoms with Crippen molar-refractivity contribution in [1.29, 1.82) is 0 Å². The molecule has 4 aliphatic rings. The highest BCUT2D eigenvalue weighted by atomic mass is 16.3. The third-order valence-corrected chi connectivity index (χ3v) is 6.71. The maximum absolute atomic E-state index is 11.8. The Kier molecular flexibility index (Phi) is 2.51. The van der Waals surface area contributed by atoms with Crippen LogP contribution in [0.15, 0.2) is 36.4 Å². The molecule has 4 aliphatic carbocycles. The molecule has 0 saturated heterocycles. The van der Waals surface area contributed by atoms with Crippen molar-refractivity contribution >= 4 is 10.8 Å². The van der Waals surface area contributed by atoms with Crippen LogP contribution in [0.25, 0.3) is 10.8 Å². The number of hydrogen-bond donors (Lipinski definition) is 2. The van der Waals surface area contributed by atoms with Crippen molar-refractivity contribution < 1.29 is 10.2 Å². The van der Waals surface area contributed by atoms with Crippen LogP contribution in [0.2, 0.25) is 0 Å². The highest BCUT2D eigenvalue weighted by molar-refractivity contribution is 5.91. The normalized spacial score (nSPS) is 39.5. The topological polar surface area (TPSA) is 40.5 Å². The molecule has 114 valence electrons. The van der Waals surface area contributed by atoms with E-state index in [1.54, 1.807) is 6.07 Å². The second kappa shape index (κ2) is 4.26. The van der Waals surface area contributed by atoms with Crippen molar-refractivity contribution in [3.05, 3.63) is 42.0 Å².